The van der Waals surface area contributed by atoms with Crippen LogP contribution >= 0.6 is 0 Å². The van der Waals surface area contributed by atoms with Crippen molar-refractivity contribution in [2.45, 2.75) is 77.3 Å². The number of anilines is 1. The Morgan fingerprint density at radius 3 is 2.52 bits per heavy atom. The Kier molecular flexibility index (Phi) is 9.80. The Labute approximate surface area is 249 Å². The number of nitrogen functional groups attached to an aromatic ring is 1. The molecule has 2 unspecified atom stereocenters. The van der Waals surface area contributed by atoms with E-state index >= 15 is 0 Å². The van der Waals surface area contributed by atoms with Crippen molar-refractivity contribution in [1.82, 2.24) is 14.5 Å². The van der Waals surface area contributed by atoms with Gasteiger partial charge < -0.3 is 25.0 Å². The van der Waals surface area contributed by atoms with Crippen LogP contribution in [0.3, 0.4) is 0 Å². The second kappa shape index (κ2) is 13.9. The number of carbonyl (C=O) groups excluding carboxylic acids is 1. The molecule has 7 heteroatoms. The zero-order valence-corrected chi connectivity index (χ0v) is 24.9. The molecule has 1 saturated carbocycles. The molecule has 3 aromatic carbocycles. The summed E-state index contributed by atoms with van der Waals surface area (Å²) in [5.74, 6) is 2.29. The molecule has 42 heavy (non-hydrogen) atoms. The zero-order valence-electron chi connectivity index (χ0n) is 24.9. The van der Waals surface area contributed by atoms with Crippen molar-refractivity contribution in [2.24, 2.45) is 5.92 Å². The van der Waals surface area contributed by atoms with Crippen molar-refractivity contribution in [3.05, 3.63) is 83.9 Å². The number of hydrogen-bond donors (Lipinski definition) is 2. The van der Waals surface area contributed by atoms with Crippen molar-refractivity contribution < 1.29 is 14.6 Å². The van der Waals surface area contributed by atoms with Gasteiger partial charge in [0.15, 0.2) is 0 Å². The monoisotopic (exact) mass is 568 g/mol. The molecular weight excluding hydrogens is 524 g/mol. The quantitative estimate of drug-likeness (QED) is 0.184. The van der Waals surface area contributed by atoms with Crippen molar-refractivity contribution in [2.75, 3.05) is 18.9 Å². The zero-order chi connectivity index (χ0) is 29.5. The Morgan fingerprint density at radius 1 is 1.02 bits per heavy atom. The number of aliphatic hydroxyl groups is 1. The van der Waals surface area contributed by atoms with E-state index in [0.717, 1.165) is 60.2 Å². The lowest BCUT2D eigenvalue weighted by molar-refractivity contribution is 0.0616. The molecule has 1 amide bonds. The molecule has 5 rings (SSSR count). The third-order valence-corrected chi connectivity index (χ3v) is 8.65. The highest BCUT2D eigenvalue weighted by molar-refractivity contribution is 5.94. The molecule has 1 aliphatic rings. The highest BCUT2D eigenvalue weighted by atomic mass is 16.5. The number of imidazole rings is 1. The number of benzene rings is 3. The fraction of sp³-hybridized carbons (Fsp3) is 0.429. The van der Waals surface area contributed by atoms with Crippen LogP contribution in [0.1, 0.15) is 87.2 Å². The predicted molar refractivity (Wildman–Crippen MR) is 169 cm³/mol. The first-order valence-electron chi connectivity index (χ1n) is 15.6. The highest BCUT2D eigenvalue weighted by Crippen LogP contribution is 2.41. The summed E-state index contributed by atoms with van der Waals surface area (Å²) in [6.07, 6.45) is 8.53. The van der Waals surface area contributed by atoms with Crippen LogP contribution in [0, 0.1) is 5.92 Å². The number of aliphatic hydroxyl groups excluding tert-OH is 1. The number of fused-ring (bicyclic) bond motifs is 1. The average molecular weight is 569 g/mol. The maximum Gasteiger partial charge on any atom is 0.254 e. The number of aromatic nitrogens is 2. The molecular formula is C35H44N4O3. The van der Waals surface area contributed by atoms with Gasteiger partial charge in [0.1, 0.15) is 11.5 Å². The first-order valence-corrected chi connectivity index (χ1v) is 15.6. The van der Waals surface area contributed by atoms with Crippen LogP contribution in [-0.2, 0) is 0 Å². The fourth-order valence-corrected chi connectivity index (χ4v) is 6.65. The predicted octanol–water partition coefficient (Wildman–Crippen LogP) is 7.59. The summed E-state index contributed by atoms with van der Waals surface area (Å²) >= 11 is 0. The number of ether oxygens (including phenoxy) is 1. The lowest BCUT2D eigenvalue weighted by atomic mass is 9.80. The van der Waals surface area contributed by atoms with Crippen LogP contribution < -0.4 is 10.5 Å². The number of rotatable bonds is 12. The molecule has 7 nitrogen and oxygen atoms in total. The summed E-state index contributed by atoms with van der Waals surface area (Å²) in [7, 11) is 0. The van der Waals surface area contributed by atoms with Crippen molar-refractivity contribution in [3.8, 4) is 11.5 Å². The molecule has 1 aliphatic carbocycles. The van der Waals surface area contributed by atoms with Crippen molar-refractivity contribution >= 4 is 22.9 Å². The number of hydrogen-bond acceptors (Lipinski definition) is 5. The third kappa shape index (κ3) is 6.46. The Balaban J connectivity index is 1.57. The molecule has 2 atom stereocenters. The molecule has 3 N–H and O–H groups in total. The first-order chi connectivity index (χ1) is 20.5. The molecule has 0 aliphatic heterocycles. The molecule has 1 heterocycles. The Bertz CT molecular complexity index is 1460. The van der Waals surface area contributed by atoms with E-state index in [4.69, 9.17) is 15.5 Å². The molecule has 0 saturated heterocycles. The Morgan fingerprint density at radius 2 is 1.81 bits per heavy atom. The minimum absolute atomic E-state index is 0.0318. The van der Waals surface area contributed by atoms with Crippen LogP contribution in [0.5, 0.6) is 11.5 Å². The van der Waals surface area contributed by atoms with Gasteiger partial charge in [-0.1, -0.05) is 69.9 Å². The van der Waals surface area contributed by atoms with E-state index in [0.29, 0.717) is 24.0 Å². The maximum atomic E-state index is 13.9. The molecule has 222 valence electrons. The van der Waals surface area contributed by atoms with Gasteiger partial charge in [0, 0.05) is 24.2 Å². The van der Waals surface area contributed by atoms with Crippen LogP contribution in [-0.4, -0.2) is 44.7 Å². The summed E-state index contributed by atoms with van der Waals surface area (Å²) < 4.78 is 8.34. The first kappa shape index (κ1) is 29.6. The number of nitrogens with zero attached hydrogens (tertiary/aromatic N) is 3. The molecule has 1 fully saturated rings. The van der Waals surface area contributed by atoms with Gasteiger partial charge in [-0.05, 0) is 73.6 Å². The summed E-state index contributed by atoms with van der Waals surface area (Å²) in [4.78, 5) is 20.5. The standard InChI is InChI=1S/C35H44N4O3/c1-3-12-28(4-2)38(21-22-40)34(41)27-16-11-15-26(23-27)33(25-13-7-5-8-14-25)39-32-24-30(19-20-31(32)37-35(39)36)42-29-17-9-6-10-18-29/h6,9-11,15-20,23-25,28,33,40H,3-5,7-8,12-14,21-22H2,1-2H3,(H2,36,37). The second-order valence-corrected chi connectivity index (χ2v) is 11.4. The van der Waals surface area contributed by atoms with E-state index in [1.54, 1.807) is 0 Å². The summed E-state index contributed by atoms with van der Waals surface area (Å²) in [5, 5.41) is 9.80. The van der Waals surface area contributed by atoms with Gasteiger partial charge in [-0.2, -0.15) is 0 Å². The van der Waals surface area contributed by atoms with Crippen molar-refractivity contribution in [1.29, 1.82) is 0 Å². The fourth-order valence-electron chi connectivity index (χ4n) is 6.65. The van der Waals surface area contributed by atoms with Crippen LogP contribution in [0.2, 0.25) is 0 Å². The maximum absolute atomic E-state index is 13.9. The second-order valence-electron chi connectivity index (χ2n) is 11.4. The number of para-hydroxylation sites is 1. The Hall–Kier alpha value is -3.84. The highest BCUT2D eigenvalue weighted by Gasteiger charge is 2.31. The van der Waals surface area contributed by atoms with E-state index in [9.17, 15) is 9.90 Å². The summed E-state index contributed by atoms with van der Waals surface area (Å²) in [6.45, 7) is 4.52. The molecule has 1 aromatic heterocycles. The average Bonchev–Trinajstić information content (AvgIpc) is 3.34. The summed E-state index contributed by atoms with van der Waals surface area (Å²) in [6, 6.07) is 23.7. The normalized spacial score (nSPS) is 15.4. The van der Waals surface area contributed by atoms with Gasteiger partial charge in [-0.3, -0.25) is 4.79 Å². The summed E-state index contributed by atoms with van der Waals surface area (Å²) in [5.41, 5.74) is 10.1. The van der Waals surface area contributed by atoms with Gasteiger partial charge in [-0.25, -0.2) is 4.98 Å². The lowest BCUT2D eigenvalue weighted by Gasteiger charge is -2.33. The number of nitrogens with two attached hydrogens (primary N) is 1. The molecule has 4 aromatic rings. The molecule has 0 radical (unpaired) electrons. The lowest BCUT2D eigenvalue weighted by Crippen LogP contribution is -2.42. The van der Waals surface area contributed by atoms with Crippen LogP contribution in [0.15, 0.2) is 72.8 Å². The van der Waals surface area contributed by atoms with Gasteiger partial charge in [0.2, 0.25) is 5.95 Å². The minimum atomic E-state index is -0.0704. The number of carbonyl (C=O) groups is 1. The SMILES string of the molecule is CCCC(CC)N(CCO)C(=O)c1cccc(C(C2CCCCC2)n2c(N)nc3ccc(Oc4ccccc4)cc32)c1. The van der Waals surface area contributed by atoms with E-state index in [-0.39, 0.29) is 24.6 Å². The van der Waals surface area contributed by atoms with Crippen molar-refractivity contribution in [3.63, 3.8) is 0 Å². The van der Waals surface area contributed by atoms with Gasteiger partial charge in [-0.15, -0.1) is 0 Å². The topological polar surface area (TPSA) is 93.6 Å². The molecule has 0 bridgehead atoms. The van der Waals surface area contributed by atoms with Crippen LogP contribution in [0.25, 0.3) is 11.0 Å². The van der Waals surface area contributed by atoms with Gasteiger partial charge in [0.05, 0.1) is 23.7 Å². The third-order valence-electron chi connectivity index (χ3n) is 8.65. The van der Waals surface area contributed by atoms with Crippen LogP contribution in [0.4, 0.5) is 5.95 Å². The van der Waals surface area contributed by atoms with E-state index in [1.807, 2.05) is 71.6 Å². The van der Waals surface area contributed by atoms with E-state index in [2.05, 4.69) is 24.5 Å². The van der Waals surface area contributed by atoms with E-state index < -0.39 is 0 Å². The minimum Gasteiger partial charge on any atom is -0.457 e. The number of amides is 1. The van der Waals surface area contributed by atoms with Gasteiger partial charge in [0.25, 0.3) is 5.91 Å². The molecule has 0 spiro atoms. The van der Waals surface area contributed by atoms with E-state index in [1.165, 1.54) is 19.3 Å². The largest absolute Gasteiger partial charge is 0.457 e. The van der Waals surface area contributed by atoms with Gasteiger partial charge >= 0.3 is 0 Å². The smallest absolute Gasteiger partial charge is 0.254 e.